The number of hydrogen-bond donors (Lipinski definition) is 0. The van der Waals surface area contributed by atoms with Gasteiger partial charge in [0.1, 0.15) is 21.8 Å². The molecule has 166 valence electrons. The van der Waals surface area contributed by atoms with Gasteiger partial charge in [0.05, 0.1) is 4.91 Å². The Morgan fingerprint density at radius 1 is 1.23 bits per heavy atom. The molecule has 2 fully saturated rings. The van der Waals surface area contributed by atoms with Gasteiger partial charge >= 0.3 is 0 Å². The summed E-state index contributed by atoms with van der Waals surface area (Å²) < 4.78 is 2.28. The van der Waals surface area contributed by atoms with Gasteiger partial charge in [-0.25, -0.2) is 0 Å². The second-order valence-electron chi connectivity index (χ2n) is 8.58. The van der Waals surface area contributed by atoms with Crippen LogP contribution in [0.15, 0.2) is 9.70 Å². The average Bonchev–Trinajstić information content (AvgIpc) is 2.97. The highest BCUT2D eigenvalue weighted by molar-refractivity contribution is 8.26. The Hall–Kier alpha value is -2.11. The zero-order valence-corrected chi connectivity index (χ0v) is 20.5. The third kappa shape index (κ3) is 4.44. The molecule has 2 aliphatic heterocycles. The summed E-state index contributed by atoms with van der Waals surface area (Å²) in [5.41, 5.74) is 1.30. The number of piperidine rings is 1. The summed E-state index contributed by atoms with van der Waals surface area (Å²) in [6, 6.07) is 2.11. The SMILES string of the molecule is CCCn1c(N2CC(C)CC(C)C2)c(/C=C2/SC(=S)N(CC)C2=O)c(C)c(C#N)c1=O. The normalized spacial score (nSPS) is 23.0. The first-order valence-electron chi connectivity index (χ1n) is 10.9. The topological polar surface area (TPSA) is 69.3 Å². The van der Waals surface area contributed by atoms with E-state index in [-0.39, 0.29) is 17.0 Å². The van der Waals surface area contributed by atoms with E-state index in [2.05, 4.69) is 24.8 Å². The number of likely N-dealkylation sites (N-methyl/N-ethyl adjacent to an activating group) is 1. The summed E-state index contributed by atoms with van der Waals surface area (Å²) in [6.45, 7) is 12.9. The quantitative estimate of drug-likeness (QED) is 0.488. The van der Waals surface area contributed by atoms with Crippen molar-refractivity contribution in [2.75, 3.05) is 24.5 Å². The van der Waals surface area contributed by atoms with Crippen LogP contribution in [0.5, 0.6) is 0 Å². The molecular weight excluding hydrogens is 428 g/mol. The predicted octanol–water partition coefficient (Wildman–Crippen LogP) is 4.14. The highest BCUT2D eigenvalue weighted by Crippen LogP contribution is 2.37. The average molecular weight is 459 g/mol. The number of amides is 1. The van der Waals surface area contributed by atoms with Gasteiger partial charge in [-0.1, -0.05) is 44.8 Å². The van der Waals surface area contributed by atoms with E-state index in [1.54, 1.807) is 9.47 Å². The van der Waals surface area contributed by atoms with Gasteiger partial charge < -0.3 is 4.90 Å². The number of rotatable bonds is 5. The third-order valence-corrected chi connectivity index (χ3v) is 7.31. The number of nitrogens with zero attached hydrogens (tertiary/aromatic N) is 4. The van der Waals surface area contributed by atoms with Crippen molar-refractivity contribution in [3.05, 3.63) is 31.9 Å². The molecule has 0 bridgehead atoms. The van der Waals surface area contributed by atoms with Gasteiger partial charge in [-0.05, 0) is 50.2 Å². The van der Waals surface area contributed by atoms with E-state index in [9.17, 15) is 14.9 Å². The minimum Gasteiger partial charge on any atom is -0.357 e. The van der Waals surface area contributed by atoms with Crippen LogP contribution in [0.1, 0.15) is 57.2 Å². The number of nitriles is 1. The van der Waals surface area contributed by atoms with Crippen molar-refractivity contribution in [3.8, 4) is 6.07 Å². The zero-order valence-electron chi connectivity index (χ0n) is 18.9. The predicted molar refractivity (Wildman–Crippen MR) is 131 cm³/mol. The van der Waals surface area contributed by atoms with Gasteiger partial charge in [0.2, 0.25) is 0 Å². The fourth-order valence-corrected chi connectivity index (χ4v) is 6.02. The molecule has 1 amide bonds. The molecular formula is C23H30N4O2S2. The maximum Gasteiger partial charge on any atom is 0.270 e. The van der Waals surface area contributed by atoms with Crippen LogP contribution in [0.2, 0.25) is 0 Å². The van der Waals surface area contributed by atoms with Crippen LogP contribution >= 0.6 is 24.0 Å². The lowest BCUT2D eigenvalue weighted by Gasteiger charge is -2.39. The second-order valence-corrected chi connectivity index (χ2v) is 10.3. The molecule has 0 spiro atoms. The van der Waals surface area contributed by atoms with Crippen LogP contribution in [0.25, 0.3) is 6.08 Å². The Morgan fingerprint density at radius 3 is 2.39 bits per heavy atom. The van der Waals surface area contributed by atoms with E-state index in [1.165, 1.54) is 11.8 Å². The molecule has 0 aliphatic carbocycles. The van der Waals surface area contributed by atoms with Gasteiger partial charge in [0, 0.05) is 31.7 Å². The fraction of sp³-hybridized carbons (Fsp3) is 0.565. The number of pyridine rings is 1. The molecule has 0 saturated carbocycles. The molecule has 2 atom stereocenters. The summed E-state index contributed by atoms with van der Waals surface area (Å²) in [7, 11) is 0. The van der Waals surface area contributed by atoms with Gasteiger partial charge in [-0.15, -0.1) is 0 Å². The molecule has 2 aliphatic rings. The first-order valence-corrected chi connectivity index (χ1v) is 12.1. The van der Waals surface area contributed by atoms with Crippen LogP contribution < -0.4 is 10.5 Å². The van der Waals surface area contributed by atoms with Crippen molar-refractivity contribution >= 4 is 46.1 Å². The summed E-state index contributed by atoms with van der Waals surface area (Å²) >= 11 is 6.66. The summed E-state index contributed by atoms with van der Waals surface area (Å²) in [4.78, 5) is 30.5. The maximum atomic E-state index is 13.2. The fourth-order valence-electron chi connectivity index (χ4n) is 4.66. The number of hydrogen-bond acceptors (Lipinski definition) is 6. The van der Waals surface area contributed by atoms with E-state index in [0.717, 1.165) is 37.3 Å². The van der Waals surface area contributed by atoms with Crippen LogP contribution in [0, 0.1) is 30.1 Å². The highest BCUT2D eigenvalue weighted by atomic mass is 32.2. The van der Waals surface area contributed by atoms with Crippen molar-refractivity contribution in [2.24, 2.45) is 11.8 Å². The third-order valence-electron chi connectivity index (χ3n) is 5.93. The van der Waals surface area contributed by atoms with Crippen molar-refractivity contribution in [1.29, 1.82) is 5.26 Å². The van der Waals surface area contributed by atoms with Crippen LogP contribution in [0.4, 0.5) is 5.82 Å². The minimum absolute atomic E-state index is 0.116. The van der Waals surface area contributed by atoms with Crippen molar-refractivity contribution < 1.29 is 4.79 Å². The van der Waals surface area contributed by atoms with E-state index in [4.69, 9.17) is 12.2 Å². The molecule has 0 radical (unpaired) electrons. The number of carbonyl (C=O) groups is 1. The van der Waals surface area contributed by atoms with Gasteiger partial charge in [-0.2, -0.15) is 5.26 Å². The summed E-state index contributed by atoms with van der Waals surface area (Å²) in [5, 5.41) is 9.74. The molecule has 31 heavy (non-hydrogen) atoms. The highest BCUT2D eigenvalue weighted by Gasteiger charge is 2.33. The molecule has 3 rings (SSSR count). The molecule has 6 nitrogen and oxygen atoms in total. The van der Waals surface area contributed by atoms with Crippen molar-refractivity contribution in [3.63, 3.8) is 0 Å². The Balaban J connectivity index is 2.28. The summed E-state index contributed by atoms with van der Waals surface area (Å²) in [5.74, 6) is 1.70. The first-order chi connectivity index (χ1) is 14.7. The molecule has 1 aromatic rings. The molecule has 1 aromatic heterocycles. The molecule has 0 N–H and O–H groups in total. The number of thiocarbonyl (C=S) groups is 1. The molecule has 2 saturated heterocycles. The largest absolute Gasteiger partial charge is 0.357 e. The lowest BCUT2D eigenvalue weighted by Crippen LogP contribution is -2.43. The van der Waals surface area contributed by atoms with Crippen LogP contribution in [0.3, 0.4) is 0 Å². The monoisotopic (exact) mass is 458 g/mol. The summed E-state index contributed by atoms with van der Waals surface area (Å²) in [6.07, 6.45) is 3.77. The smallest absolute Gasteiger partial charge is 0.270 e. The van der Waals surface area contributed by atoms with Gasteiger partial charge in [0.15, 0.2) is 0 Å². The molecule has 8 heteroatoms. The lowest BCUT2D eigenvalue weighted by molar-refractivity contribution is -0.121. The van der Waals surface area contributed by atoms with Crippen molar-refractivity contribution in [2.45, 2.75) is 54.0 Å². The Labute approximate surface area is 193 Å². The molecule has 3 heterocycles. The number of aromatic nitrogens is 1. The minimum atomic E-state index is -0.249. The van der Waals surface area contributed by atoms with E-state index < -0.39 is 0 Å². The Bertz CT molecular complexity index is 1030. The standard InChI is InChI=1S/C23H30N4O2S2/c1-6-8-27-20(25-12-14(3)9-15(4)13-25)17(16(5)18(11-24)21(27)28)10-19-22(29)26(7-2)23(30)31-19/h10,14-15H,6-9,12-13H2,1-5H3/b19-10+. The second kappa shape index (κ2) is 9.58. The van der Waals surface area contributed by atoms with Crippen LogP contribution in [-0.4, -0.2) is 39.3 Å². The van der Waals surface area contributed by atoms with Crippen LogP contribution in [-0.2, 0) is 11.3 Å². The molecule has 2 unspecified atom stereocenters. The Morgan fingerprint density at radius 2 is 1.87 bits per heavy atom. The maximum absolute atomic E-state index is 13.2. The number of carbonyl (C=O) groups excluding carboxylic acids is 1. The van der Waals surface area contributed by atoms with Gasteiger partial charge in [0.25, 0.3) is 11.5 Å². The van der Waals surface area contributed by atoms with Gasteiger partial charge in [-0.3, -0.25) is 19.1 Å². The Kier molecular flexibility index (Phi) is 7.28. The lowest BCUT2D eigenvalue weighted by atomic mass is 9.91. The molecule has 0 aromatic carbocycles. The first kappa shape index (κ1) is 23.6. The number of thioether (sulfide) groups is 1. The van der Waals surface area contributed by atoms with E-state index in [1.807, 2.05) is 26.8 Å². The van der Waals surface area contributed by atoms with E-state index in [0.29, 0.717) is 39.7 Å². The zero-order chi connectivity index (χ0) is 22.9. The van der Waals surface area contributed by atoms with E-state index >= 15 is 0 Å². The number of anilines is 1. The van der Waals surface area contributed by atoms with Crippen molar-refractivity contribution in [1.82, 2.24) is 9.47 Å².